The van der Waals surface area contributed by atoms with E-state index in [2.05, 4.69) is 31.2 Å². The number of hydrogen-bond acceptors (Lipinski definition) is 2. The van der Waals surface area contributed by atoms with Crippen molar-refractivity contribution in [3.05, 3.63) is 36.5 Å². The minimum absolute atomic E-state index is 0.252. The van der Waals surface area contributed by atoms with Crippen LogP contribution in [0.3, 0.4) is 0 Å². The highest BCUT2D eigenvalue weighted by Gasteiger charge is 2.00. The molecule has 1 atom stereocenters. The van der Waals surface area contributed by atoms with Crippen molar-refractivity contribution in [2.75, 3.05) is 0 Å². The summed E-state index contributed by atoms with van der Waals surface area (Å²) in [5.41, 5.74) is 0. The Bertz CT molecular complexity index is 329. The average Bonchev–Trinajstić information content (AvgIpc) is 2.45. The monoisotopic (exact) mass is 294 g/mol. The Morgan fingerprint density at radius 3 is 2.24 bits per heavy atom. The summed E-state index contributed by atoms with van der Waals surface area (Å²) in [4.78, 5) is 10.3. The van der Waals surface area contributed by atoms with Crippen LogP contribution in [0, 0.1) is 0 Å². The molecule has 21 heavy (non-hydrogen) atoms. The van der Waals surface area contributed by atoms with Crippen LogP contribution in [0.2, 0.25) is 0 Å². The van der Waals surface area contributed by atoms with Gasteiger partial charge in [-0.25, -0.2) is 0 Å². The average molecular weight is 294 g/mol. The minimum atomic E-state index is -0.726. The first-order chi connectivity index (χ1) is 10.2. The lowest BCUT2D eigenvalue weighted by Gasteiger charge is -2.04. The molecule has 3 heteroatoms. The SMILES string of the molecule is CCC=CCC=CCC=CC(O)CCCCCCC(=O)O. The molecular formula is C18H30O3. The van der Waals surface area contributed by atoms with Gasteiger partial charge in [0, 0.05) is 6.42 Å². The first kappa shape index (κ1) is 19.7. The van der Waals surface area contributed by atoms with Gasteiger partial charge in [0.2, 0.25) is 0 Å². The van der Waals surface area contributed by atoms with E-state index >= 15 is 0 Å². The lowest BCUT2D eigenvalue weighted by atomic mass is 10.1. The molecule has 0 aromatic heterocycles. The zero-order valence-corrected chi connectivity index (χ0v) is 13.2. The van der Waals surface area contributed by atoms with Crippen LogP contribution in [0.5, 0.6) is 0 Å². The summed E-state index contributed by atoms with van der Waals surface area (Å²) in [5.74, 6) is -0.726. The summed E-state index contributed by atoms with van der Waals surface area (Å²) in [6.07, 6.45) is 19.5. The van der Waals surface area contributed by atoms with Crippen molar-refractivity contribution in [1.82, 2.24) is 0 Å². The van der Waals surface area contributed by atoms with Crippen LogP contribution in [0.4, 0.5) is 0 Å². The first-order valence-electron chi connectivity index (χ1n) is 8.03. The molecule has 0 aliphatic heterocycles. The van der Waals surface area contributed by atoms with E-state index in [9.17, 15) is 9.90 Å². The van der Waals surface area contributed by atoms with Crippen molar-refractivity contribution >= 4 is 5.97 Å². The van der Waals surface area contributed by atoms with E-state index in [0.29, 0.717) is 0 Å². The number of unbranched alkanes of at least 4 members (excludes halogenated alkanes) is 3. The predicted octanol–water partition coefficient (Wildman–Crippen LogP) is 4.63. The number of aliphatic carboxylic acids is 1. The molecule has 0 aliphatic carbocycles. The second kappa shape index (κ2) is 15.0. The van der Waals surface area contributed by atoms with Gasteiger partial charge in [-0.2, -0.15) is 0 Å². The van der Waals surface area contributed by atoms with Crippen molar-refractivity contribution in [2.24, 2.45) is 0 Å². The molecule has 3 nitrogen and oxygen atoms in total. The van der Waals surface area contributed by atoms with E-state index in [1.807, 2.05) is 12.2 Å². The Hall–Kier alpha value is -1.35. The highest BCUT2D eigenvalue weighted by molar-refractivity contribution is 5.66. The van der Waals surface area contributed by atoms with E-state index in [1.165, 1.54) is 0 Å². The molecule has 0 bridgehead atoms. The van der Waals surface area contributed by atoms with Crippen molar-refractivity contribution in [2.45, 2.75) is 70.8 Å². The molecule has 2 N–H and O–H groups in total. The van der Waals surface area contributed by atoms with Crippen LogP contribution < -0.4 is 0 Å². The summed E-state index contributed by atoms with van der Waals surface area (Å²) in [6, 6.07) is 0. The molecule has 0 rings (SSSR count). The van der Waals surface area contributed by atoms with Gasteiger partial charge in [-0.05, 0) is 32.1 Å². The van der Waals surface area contributed by atoms with Crippen LogP contribution in [0.25, 0.3) is 0 Å². The third-order valence-corrected chi connectivity index (χ3v) is 3.11. The lowest BCUT2D eigenvalue weighted by Crippen LogP contribution is -2.01. The Balaban J connectivity index is 3.47. The van der Waals surface area contributed by atoms with Crippen molar-refractivity contribution in [3.8, 4) is 0 Å². The molecule has 120 valence electrons. The summed E-state index contributed by atoms with van der Waals surface area (Å²) in [5, 5.41) is 18.3. The number of rotatable bonds is 13. The minimum Gasteiger partial charge on any atom is -0.481 e. The molecule has 0 saturated heterocycles. The molecule has 0 aromatic rings. The summed E-state index contributed by atoms with van der Waals surface area (Å²) < 4.78 is 0. The Labute approximate surface area is 129 Å². The topological polar surface area (TPSA) is 57.5 Å². The molecule has 0 spiro atoms. The van der Waals surface area contributed by atoms with Crippen LogP contribution in [0.1, 0.15) is 64.7 Å². The maximum Gasteiger partial charge on any atom is 0.303 e. The van der Waals surface area contributed by atoms with Crippen LogP contribution in [-0.2, 0) is 4.79 Å². The largest absolute Gasteiger partial charge is 0.481 e. The molecule has 0 aliphatic rings. The highest BCUT2D eigenvalue weighted by atomic mass is 16.4. The van der Waals surface area contributed by atoms with Gasteiger partial charge < -0.3 is 10.2 Å². The van der Waals surface area contributed by atoms with E-state index in [4.69, 9.17) is 5.11 Å². The normalized spacial score (nSPS) is 13.6. The number of aliphatic hydroxyl groups is 1. The second-order valence-electron chi connectivity index (χ2n) is 5.16. The van der Waals surface area contributed by atoms with E-state index in [0.717, 1.165) is 51.4 Å². The van der Waals surface area contributed by atoms with E-state index in [1.54, 1.807) is 0 Å². The van der Waals surface area contributed by atoms with Gasteiger partial charge in [0.1, 0.15) is 0 Å². The molecule has 0 amide bonds. The van der Waals surface area contributed by atoms with Crippen LogP contribution in [0.15, 0.2) is 36.5 Å². The summed E-state index contributed by atoms with van der Waals surface area (Å²) >= 11 is 0. The maximum absolute atomic E-state index is 10.3. The number of aliphatic hydroxyl groups excluding tert-OH is 1. The van der Waals surface area contributed by atoms with E-state index in [-0.39, 0.29) is 12.5 Å². The number of carbonyl (C=O) groups is 1. The highest BCUT2D eigenvalue weighted by Crippen LogP contribution is 2.08. The predicted molar refractivity (Wildman–Crippen MR) is 88.3 cm³/mol. The Morgan fingerprint density at radius 2 is 1.57 bits per heavy atom. The molecule has 1 unspecified atom stereocenters. The number of carboxylic acids is 1. The maximum atomic E-state index is 10.3. The summed E-state index contributed by atoms with van der Waals surface area (Å²) in [7, 11) is 0. The Morgan fingerprint density at radius 1 is 0.952 bits per heavy atom. The third kappa shape index (κ3) is 16.6. The zero-order chi connectivity index (χ0) is 15.8. The number of hydrogen-bond donors (Lipinski definition) is 2. The van der Waals surface area contributed by atoms with Crippen molar-refractivity contribution in [1.29, 1.82) is 0 Å². The van der Waals surface area contributed by atoms with Gasteiger partial charge in [-0.1, -0.05) is 62.6 Å². The van der Waals surface area contributed by atoms with Crippen LogP contribution in [-0.4, -0.2) is 22.3 Å². The van der Waals surface area contributed by atoms with Gasteiger partial charge in [0.15, 0.2) is 0 Å². The summed E-state index contributed by atoms with van der Waals surface area (Å²) in [6.45, 7) is 2.12. The number of allylic oxidation sites excluding steroid dienone is 5. The van der Waals surface area contributed by atoms with E-state index < -0.39 is 5.97 Å². The number of carboxylic acid groups (broad SMARTS) is 1. The molecule has 0 heterocycles. The molecule has 0 radical (unpaired) electrons. The van der Waals surface area contributed by atoms with Gasteiger partial charge in [-0.3, -0.25) is 4.79 Å². The molecular weight excluding hydrogens is 264 g/mol. The van der Waals surface area contributed by atoms with Crippen LogP contribution >= 0.6 is 0 Å². The first-order valence-corrected chi connectivity index (χ1v) is 8.03. The van der Waals surface area contributed by atoms with Crippen molar-refractivity contribution < 1.29 is 15.0 Å². The molecule has 0 aromatic carbocycles. The van der Waals surface area contributed by atoms with Gasteiger partial charge in [-0.15, -0.1) is 0 Å². The fourth-order valence-electron chi connectivity index (χ4n) is 1.93. The standard InChI is InChI=1S/C18H30O3/c1-2-3-4-5-6-7-8-11-14-17(19)15-12-9-10-13-16-18(20)21/h3-4,6-7,11,14,17,19H,2,5,8-10,12-13,15-16H2,1H3,(H,20,21). The van der Waals surface area contributed by atoms with Gasteiger partial charge >= 0.3 is 5.97 Å². The molecule has 0 saturated carbocycles. The lowest BCUT2D eigenvalue weighted by molar-refractivity contribution is -0.137. The third-order valence-electron chi connectivity index (χ3n) is 3.11. The zero-order valence-electron chi connectivity index (χ0n) is 13.2. The van der Waals surface area contributed by atoms with Gasteiger partial charge in [0.05, 0.1) is 6.10 Å². The van der Waals surface area contributed by atoms with Gasteiger partial charge in [0.25, 0.3) is 0 Å². The second-order valence-corrected chi connectivity index (χ2v) is 5.16. The Kier molecular flexibility index (Phi) is 14.1. The quantitative estimate of drug-likeness (QED) is 0.384. The fourth-order valence-corrected chi connectivity index (χ4v) is 1.93. The molecule has 0 fully saturated rings. The fraction of sp³-hybridized carbons (Fsp3) is 0.611. The smallest absolute Gasteiger partial charge is 0.303 e. The van der Waals surface area contributed by atoms with Crippen molar-refractivity contribution in [3.63, 3.8) is 0 Å².